The van der Waals surface area contributed by atoms with Crippen molar-refractivity contribution in [1.82, 2.24) is 19.9 Å². The normalized spacial score (nSPS) is 17.1. The molecule has 14 heteroatoms. The summed E-state index contributed by atoms with van der Waals surface area (Å²) in [7, 11) is 0. The van der Waals surface area contributed by atoms with Crippen molar-refractivity contribution >= 4 is 11.9 Å². The Hall–Kier alpha value is -3.81. The molecule has 0 aliphatic carbocycles. The number of nitrogens with zero attached hydrogens (tertiary/aromatic N) is 4. The minimum Gasteiger partial charge on any atom is -0.508 e. The first-order chi connectivity index (χ1) is 17.7. The fraction of sp³-hybridized carbons (Fsp3) is 0.375. The van der Waals surface area contributed by atoms with E-state index in [1.54, 1.807) is 19.1 Å². The number of aromatic nitrogens is 2. The highest BCUT2D eigenvalue weighted by molar-refractivity contribution is 5.95. The van der Waals surface area contributed by atoms with Crippen molar-refractivity contribution in [2.75, 3.05) is 25.4 Å². The molecule has 3 N–H and O–H groups in total. The van der Waals surface area contributed by atoms with Gasteiger partial charge in [-0.05, 0) is 53.9 Å². The summed E-state index contributed by atoms with van der Waals surface area (Å²) in [4.78, 5) is 20.5. The predicted molar refractivity (Wildman–Crippen MR) is 122 cm³/mol. The molecule has 3 aromatic rings. The number of carbonyl (C=O) groups excluding carboxylic acids is 1. The summed E-state index contributed by atoms with van der Waals surface area (Å²) in [6.07, 6.45) is -9.99. The lowest BCUT2D eigenvalue weighted by Crippen LogP contribution is -2.55. The molecule has 1 amide bonds. The minimum atomic E-state index is -5.08. The topological polar surface area (TPSA) is 109 Å². The molecular weight excluding hydrogens is 520 g/mol. The van der Waals surface area contributed by atoms with E-state index in [0.29, 0.717) is 23.3 Å². The molecule has 0 saturated carbocycles. The quantitative estimate of drug-likeness (QED) is 0.463. The zero-order valence-corrected chi connectivity index (χ0v) is 20.0. The highest BCUT2D eigenvalue weighted by Gasteiger charge is 2.39. The second kappa shape index (κ2) is 10.2. The second-order valence-corrected chi connectivity index (χ2v) is 9.05. The van der Waals surface area contributed by atoms with Crippen LogP contribution in [0, 0.1) is 6.92 Å². The van der Waals surface area contributed by atoms with Crippen molar-refractivity contribution in [3.05, 3.63) is 70.1 Å². The Labute approximate surface area is 212 Å². The number of phenolic OH excluding ortho intramolecular Hbond substituents is 1. The third kappa shape index (κ3) is 6.18. The van der Waals surface area contributed by atoms with Crippen molar-refractivity contribution in [3.8, 4) is 5.75 Å². The van der Waals surface area contributed by atoms with Crippen LogP contribution in [0.2, 0.25) is 0 Å². The number of phenols is 1. The third-order valence-corrected chi connectivity index (χ3v) is 6.25. The van der Waals surface area contributed by atoms with E-state index in [1.165, 1.54) is 11.0 Å². The van der Waals surface area contributed by atoms with Crippen LogP contribution in [0.1, 0.15) is 38.5 Å². The number of piperazine rings is 1. The van der Waals surface area contributed by atoms with Gasteiger partial charge in [0.25, 0.3) is 11.9 Å². The van der Waals surface area contributed by atoms with Crippen molar-refractivity contribution in [2.45, 2.75) is 38.3 Å². The molecule has 1 aromatic heterocycles. The summed E-state index contributed by atoms with van der Waals surface area (Å²) >= 11 is 0. The summed E-state index contributed by atoms with van der Waals surface area (Å²) < 4.78 is 85.3. The van der Waals surface area contributed by atoms with Gasteiger partial charge in [-0.25, -0.2) is 0 Å². The molecule has 0 bridgehead atoms. The molecule has 2 heterocycles. The van der Waals surface area contributed by atoms with Gasteiger partial charge in [-0.1, -0.05) is 12.1 Å². The van der Waals surface area contributed by atoms with Gasteiger partial charge in [0.1, 0.15) is 5.75 Å². The standard InChI is InChI=1S/C24H23F6N5O3/c1-13-2-3-14(7-19(13)36)6-18-11-34(12-20-32-22(31)33-38-20)4-5-35(18)21(37)15-8-16(23(25,26)27)10-17(9-15)24(28,29)30/h2-3,7-10,18,36H,4-6,11-12H2,1H3,(H2,31,33)/t18-/m1/s1. The van der Waals surface area contributed by atoms with Gasteiger partial charge in [0.2, 0.25) is 5.89 Å². The monoisotopic (exact) mass is 543 g/mol. The molecule has 0 radical (unpaired) electrons. The van der Waals surface area contributed by atoms with Gasteiger partial charge in [0.15, 0.2) is 0 Å². The van der Waals surface area contributed by atoms with Crippen LogP contribution in [0.5, 0.6) is 5.75 Å². The van der Waals surface area contributed by atoms with Crippen LogP contribution in [0.25, 0.3) is 0 Å². The second-order valence-electron chi connectivity index (χ2n) is 9.05. The van der Waals surface area contributed by atoms with E-state index in [-0.39, 0.29) is 56.3 Å². The van der Waals surface area contributed by atoms with Crippen molar-refractivity contribution in [3.63, 3.8) is 0 Å². The lowest BCUT2D eigenvalue weighted by Gasteiger charge is -2.41. The van der Waals surface area contributed by atoms with Gasteiger partial charge in [-0.2, -0.15) is 31.3 Å². The van der Waals surface area contributed by atoms with Gasteiger partial charge in [0.05, 0.1) is 17.7 Å². The zero-order valence-electron chi connectivity index (χ0n) is 20.0. The highest BCUT2D eigenvalue weighted by Crippen LogP contribution is 2.37. The summed E-state index contributed by atoms with van der Waals surface area (Å²) in [6.45, 7) is 2.29. The highest BCUT2D eigenvalue weighted by atomic mass is 19.4. The van der Waals surface area contributed by atoms with Gasteiger partial charge in [0, 0.05) is 31.2 Å². The van der Waals surface area contributed by atoms with Gasteiger partial charge in [-0.3, -0.25) is 9.69 Å². The number of hydrogen-bond acceptors (Lipinski definition) is 7. The van der Waals surface area contributed by atoms with Crippen molar-refractivity contribution < 1.29 is 40.8 Å². The molecule has 0 spiro atoms. The minimum absolute atomic E-state index is 0.00254. The molecule has 8 nitrogen and oxygen atoms in total. The number of aryl methyl sites for hydroxylation is 1. The van der Waals surface area contributed by atoms with E-state index in [9.17, 15) is 36.2 Å². The predicted octanol–water partition coefficient (Wildman–Crippen LogP) is 4.27. The average Bonchev–Trinajstić information content (AvgIpc) is 3.24. The van der Waals surface area contributed by atoms with E-state index in [2.05, 4.69) is 10.1 Å². The number of carbonyl (C=O) groups is 1. The smallest absolute Gasteiger partial charge is 0.416 e. The van der Waals surface area contributed by atoms with Gasteiger partial charge < -0.3 is 20.3 Å². The molecule has 1 fully saturated rings. The Morgan fingerprint density at radius 2 is 1.74 bits per heavy atom. The summed E-state index contributed by atoms with van der Waals surface area (Å²) in [6, 6.07) is 5.07. The van der Waals surface area contributed by atoms with E-state index < -0.39 is 41.0 Å². The average molecular weight is 543 g/mol. The van der Waals surface area contributed by atoms with Crippen LogP contribution < -0.4 is 5.73 Å². The van der Waals surface area contributed by atoms with E-state index in [1.807, 2.05) is 4.90 Å². The van der Waals surface area contributed by atoms with Crippen LogP contribution in [-0.4, -0.2) is 56.6 Å². The van der Waals surface area contributed by atoms with Gasteiger partial charge >= 0.3 is 12.4 Å². The fourth-order valence-corrected chi connectivity index (χ4v) is 4.33. The van der Waals surface area contributed by atoms with E-state index >= 15 is 0 Å². The van der Waals surface area contributed by atoms with Crippen LogP contribution in [0.15, 0.2) is 40.9 Å². The Balaban J connectivity index is 1.66. The SMILES string of the molecule is Cc1ccc(C[C@@H]2CN(Cc3nc(N)no3)CCN2C(=O)c2cc(C(F)(F)F)cc(C(F)(F)F)c2)cc1O. The van der Waals surface area contributed by atoms with E-state index in [4.69, 9.17) is 10.3 Å². The van der Waals surface area contributed by atoms with Crippen LogP contribution in [-0.2, 0) is 25.3 Å². The van der Waals surface area contributed by atoms with Crippen molar-refractivity contribution in [1.29, 1.82) is 0 Å². The number of rotatable bonds is 5. The Morgan fingerprint density at radius 3 is 2.29 bits per heavy atom. The first-order valence-corrected chi connectivity index (χ1v) is 11.4. The summed E-state index contributed by atoms with van der Waals surface area (Å²) in [5.74, 6) is -0.807. The number of nitrogen functional groups attached to an aromatic ring is 1. The largest absolute Gasteiger partial charge is 0.508 e. The molecule has 1 aliphatic heterocycles. The first kappa shape index (κ1) is 27.2. The maximum absolute atomic E-state index is 13.4. The molecule has 2 aromatic carbocycles. The molecular formula is C24H23F6N5O3. The number of hydrogen-bond donors (Lipinski definition) is 2. The Kier molecular flexibility index (Phi) is 7.28. The molecule has 1 atom stereocenters. The molecule has 1 saturated heterocycles. The third-order valence-electron chi connectivity index (χ3n) is 6.25. The molecule has 38 heavy (non-hydrogen) atoms. The summed E-state index contributed by atoms with van der Waals surface area (Å²) in [5.41, 5.74) is 2.87. The number of aromatic hydroxyl groups is 1. The number of amides is 1. The van der Waals surface area contributed by atoms with Crippen LogP contribution in [0.4, 0.5) is 32.3 Å². The lowest BCUT2D eigenvalue weighted by molar-refractivity contribution is -0.143. The zero-order chi connectivity index (χ0) is 27.8. The van der Waals surface area contributed by atoms with Gasteiger partial charge in [-0.15, -0.1) is 0 Å². The fourth-order valence-electron chi connectivity index (χ4n) is 4.33. The number of benzene rings is 2. The van der Waals surface area contributed by atoms with E-state index in [0.717, 1.165) is 0 Å². The Bertz CT molecular complexity index is 1290. The molecule has 204 valence electrons. The maximum atomic E-state index is 13.4. The van der Waals surface area contributed by atoms with Crippen LogP contribution >= 0.6 is 0 Å². The summed E-state index contributed by atoms with van der Waals surface area (Å²) in [5, 5.41) is 13.6. The lowest BCUT2D eigenvalue weighted by atomic mass is 9.98. The number of halogens is 6. The maximum Gasteiger partial charge on any atom is 0.416 e. The Morgan fingerprint density at radius 1 is 1.08 bits per heavy atom. The first-order valence-electron chi connectivity index (χ1n) is 11.4. The van der Waals surface area contributed by atoms with Crippen LogP contribution in [0.3, 0.4) is 0 Å². The van der Waals surface area contributed by atoms with Crippen molar-refractivity contribution in [2.24, 2.45) is 0 Å². The molecule has 4 rings (SSSR count). The number of anilines is 1. The number of nitrogens with two attached hydrogens (primary N) is 1. The molecule has 0 unspecified atom stereocenters. The number of alkyl halides is 6. The molecule has 1 aliphatic rings.